The number of aromatic nitrogens is 1. The molecule has 0 N–H and O–H groups in total. The van der Waals surface area contributed by atoms with Crippen LogP contribution in [0, 0.1) is 12.8 Å². The standard InChI is InChI=1S/C20H30N2O4S/c1-3-4-17-18(14(2)21-26-17)19(23)22-12-20(13-22)9-16(11-27-20)25-10-15-5-7-24-8-6-15/h15-16H,3-13H2,1-2H3. The fourth-order valence-corrected chi connectivity index (χ4v) is 5.91. The Balaban J connectivity index is 1.28. The fraction of sp³-hybridized carbons (Fsp3) is 0.800. The first-order chi connectivity index (χ1) is 13.1. The summed E-state index contributed by atoms with van der Waals surface area (Å²) in [6.45, 7) is 8.16. The van der Waals surface area contributed by atoms with Crippen LogP contribution in [0.3, 0.4) is 0 Å². The van der Waals surface area contributed by atoms with Crippen LogP contribution in [-0.2, 0) is 15.9 Å². The predicted molar refractivity (Wildman–Crippen MR) is 104 cm³/mol. The van der Waals surface area contributed by atoms with Gasteiger partial charge in [0.15, 0.2) is 0 Å². The molecule has 4 heterocycles. The van der Waals surface area contributed by atoms with Gasteiger partial charge in [0.05, 0.1) is 16.5 Å². The molecule has 0 aliphatic carbocycles. The van der Waals surface area contributed by atoms with E-state index in [-0.39, 0.29) is 10.7 Å². The third-order valence-corrected chi connectivity index (χ3v) is 7.53. The smallest absolute Gasteiger partial charge is 0.259 e. The van der Waals surface area contributed by atoms with E-state index in [4.69, 9.17) is 14.0 Å². The normalized spacial score (nSPS) is 25.1. The summed E-state index contributed by atoms with van der Waals surface area (Å²) in [4.78, 5) is 14.9. The zero-order chi connectivity index (χ0) is 18.9. The van der Waals surface area contributed by atoms with Crippen LogP contribution >= 0.6 is 11.8 Å². The van der Waals surface area contributed by atoms with E-state index in [0.717, 1.165) is 76.5 Å². The van der Waals surface area contributed by atoms with Crippen molar-refractivity contribution < 1.29 is 18.8 Å². The van der Waals surface area contributed by atoms with Crippen molar-refractivity contribution in [3.63, 3.8) is 0 Å². The van der Waals surface area contributed by atoms with Gasteiger partial charge in [0.25, 0.3) is 5.91 Å². The molecule has 150 valence electrons. The van der Waals surface area contributed by atoms with Crippen LogP contribution < -0.4 is 0 Å². The lowest BCUT2D eigenvalue weighted by molar-refractivity contribution is -0.0118. The molecule has 1 amide bonds. The van der Waals surface area contributed by atoms with Gasteiger partial charge in [0, 0.05) is 45.1 Å². The molecule has 3 aliphatic rings. The molecular weight excluding hydrogens is 364 g/mol. The number of nitrogens with zero attached hydrogens (tertiary/aromatic N) is 2. The maximum atomic E-state index is 12.9. The summed E-state index contributed by atoms with van der Waals surface area (Å²) < 4.78 is 17.2. The molecule has 7 heteroatoms. The zero-order valence-electron chi connectivity index (χ0n) is 16.4. The van der Waals surface area contributed by atoms with Gasteiger partial charge in [-0.25, -0.2) is 0 Å². The maximum absolute atomic E-state index is 12.9. The lowest BCUT2D eigenvalue weighted by Gasteiger charge is -2.47. The van der Waals surface area contributed by atoms with Gasteiger partial charge in [-0.15, -0.1) is 11.8 Å². The molecule has 6 nitrogen and oxygen atoms in total. The molecule has 1 aromatic rings. The van der Waals surface area contributed by atoms with Gasteiger partial charge in [0.1, 0.15) is 11.3 Å². The SMILES string of the molecule is CCCc1onc(C)c1C(=O)N1CC2(CC(OCC3CCOCC3)CS2)C1. The van der Waals surface area contributed by atoms with Crippen molar-refractivity contribution in [2.45, 2.75) is 56.8 Å². The Morgan fingerprint density at radius 1 is 1.37 bits per heavy atom. The number of likely N-dealkylation sites (tertiary alicyclic amines) is 1. The molecule has 1 spiro atoms. The number of carbonyl (C=O) groups excluding carboxylic acids is 1. The van der Waals surface area contributed by atoms with Gasteiger partial charge in [0.2, 0.25) is 0 Å². The van der Waals surface area contributed by atoms with Gasteiger partial charge < -0.3 is 18.9 Å². The van der Waals surface area contributed by atoms with Crippen LogP contribution in [0.15, 0.2) is 4.52 Å². The highest BCUT2D eigenvalue weighted by Crippen LogP contribution is 2.46. The van der Waals surface area contributed by atoms with Crippen molar-refractivity contribution in [1.82, 2.24) is 10.1 Å². The summed E-state index contributed by atoms with van der Waals surface area (Å²) in [6.07, 6.45) is 5.31. The zero-order valence-corrected chi connectivity index (χ0v) is 17.2. The first kappa shape index (κ1) is 19.3. The van der Waals surface area contributed by atoms with E-state index in [1.54, 1.807) is 0 Å². The summed E-state index contributed by atoms with van der Waals surface area (Å²) in [7, 11) is 0. The van der Waals surface area contributed by atoms with E-state index in [1.165, 1.54) is 0 Å². The van der Waals surface area contributed by atoms with Gasteiger partial charge >= 0.3 is 0 Å². The number of ether oxygens (including phenoxy) is 2. The fourth-order valence-electron chi connectivity index (χ4n) is 4.35. The third kappa shape index (κ3) is 4.05. The van der Waals surface area contributed by atoms with E-state index in [0.29, 0.717) is 23.3 Å². The van der Waals surface area contributed by atoms with E-state index in [1.807, 2.05) is 23.6 Å². The van der Waals surface area contributed by atoms with E-state index in [2.05, 4.69) is 12.1 Å². The molecule has 3 aliphatic heterocycles. The van der Waals surface area contributed by atoms with Gasteiger partial charge in [-0.1, -0.05) is 12.1 Å². The van der Waals surface area contributed by atoms with Gasteiger partial charge in [-0.05, 0) is 38.5 Å². The highest BCUT2D eigenvalue weighted by atomic mass is 32.2. The predicted octanol–water partition coefficient (Wildman–Crippen LogP) is 3.08. The molecule has 0 radical (unpaired) electrons. The number of aryl methyl sites for hydroxylation is 2. The number of hydrogen-bond donors (Lipinski definition) is 0. The Labute approximate surface area is 165 Å². The van der Waals surface area contributed by atoms with Crippen molar-refractivity contribution in [2.75, 3.05) is 38.7 Å². The molecule has 3 fully saturated rings. The van der Waals surface area contributed by atoms with Crippen molar-refractivity contribution >= 4 is 17.7 Å². The third-order valence-electron chi connectivity index (χ3n) is 5.95. The minimum Gasteiger partial charge on any atom is -0.381 e. The summed E-state index contributed by atoms with van der Waals surface area (Å²) >= 11 is 1.98. The molecule has 4 rings (SSSR count). The molecule has 27 heavy (non-hydrogen) atoms. The Morgan fingerprint density at radius 2 is 2.15 bits per heavy atom. The lowest BCUT2D eigenvalue weighted by atomic mass is 9.91. The number of thioether (sulfide) groups is 1. The van der Waals surface area contributed by atoms with Crippen LogP contribution in [0.2, 0.25) is 0 Å². The average molecular weight is 395 g/mol. The second kappa shape index (κ2) is 8.13. The van der Waals surface area contributed by atoms with Crippen molar-refractivity contribution in [2.24, 2.45) is 5.92 Å². The largest absolute Gasteiger partial charge is 0.381 e. The Kier molecular flexibility index (Phi) is 5.81. The molecule has 3 saturated heterocycles. The number of hydrogen-bond acceptors (Lipinski definition) is 6. The Bertz CT molecular complexity index is 665. The maximum Gasteiger partial charge on any atom is 0.259 e. The quantitative estimate of drug-likeness (QED) is 0.739. The Morgan fingerprint density at radius 3 is 2.89 bits per heavy atom. The summed E-state index contributed by atoms with van der Waals surface area (Å²) in [6, 6.07) is 0. The highest BCUT2D eigenvalue weighted by molar-refractivity contribution is 8.01. The van der Waals surface area contributed by atoms with Crippen molar-refractivity contribution in [3.05, 3.63) is 17.0 Å². The van der Waals surface area contributed by atoms with Crippen LogP contribution in [0.25, 0.3) is 0 Å². The van der Waals surface area contributed by atoms with E-state index < -0.39 is 0 Å². The molecule has 0 aromatic carbocycles. The lowest BCUT2D eigenvalue weighted by Crippen LogP contribution is -2.60. The minimum atomic E-state index is 0.0787. The Hall–Kier alpha value is -1.05. The number of rotatable bonds is 6. The molecular formula is C20H30N2O4S. The van der Waals surface area contributed by atoms with Crippen molar-refractivity contribution in [1.29, 1.82) is 0 Å². The van der Waals surface area contributed by atoms with Crippen molar-refractivity contribution in [3.8, 4) is 0 Å². The summed E-state index contributed by atoms with van der Waals surface area (Å²) in [5.41, 5.74) is 1.39. The van der Waals surface area contributed by atoms with E-state index >= 15 is 0 Å². The highest BCUT2D eigenvalue weighted by Gasteiger charge is 2.51. The van der Waals surface area contributed by atoms with Gasteiger partial charge in [-0.2, -0.15) is 0 Å². The van der Waals surface area contributed by atoms with Gasteiger partial charge in [-0.3, -0.25) is 4.79 Å². The first-order valence-corrected chi connectivity index (χ1v) is 11.2. The van der Waals surface area contributed by atoms with E-state index in [9.17, 15) is 4.79 Å². The first-order valence-electron chi connectivity index (χ1n) is 10.2. The van der Waals surface area contributed by atoms with Crippen LogP contribution in [0.1, 0.15) is 54.4 Å². The minimum absolute atomic E-state index is 0.0787. The topological polar surface area (TPSA) is 64.8 Å². The molecule has 1 unspecified atom stereocenters. The number of carbonyl (C=O) groups is 1. The summed E-state index contributed by atoms with van der Waals surface area (Å²) in [5.74, 6) is 2.50. The second-order valence-electron chi connectivity index (χ2n) is 8.19. The molecule has 1 aromatic heterocycles. The van der Waals surface area contributed by atoms with Crippen LogP contribution in [-0.4, -0.2) is 65.5 Å². The van der Waals surface area contributed by atoms with Crippen LogP contribution in [0.4, 0.5) is 0 Å². The summed E-state index contributed by atoms with van der Waals surface area (Å²) in [5, 5.41) is 4.01. The monoisotopic (exact) mass is 394 g/mol. The van der Waals surface area contributed by atoms with Crippen LogP contribution in [0.5, 0.6) is 0 Å². The second-order valence-corrected chi connectivity index (χ2v) is 9.67. The molecule has 1 atom stereocenters. The number of amides is 1. The average Bonchev–Trinajstić information content (AvgIpc) is 3.24. The molecule has 0 bridgehead atoms. The molecule has 0 saturated carbocycles.